The SMILES string of the molecule is CCc1nnc2nc(-c3cc(OC)ccc3OC)cn2c1CC. The van der Waals surface area contributed by atoms with Crippen molar-refractivity contribution in [3.63, 3.8) is 0 Å². The lowest BCUT2D eigenvalue weighted by Crippen LogP contribution is -2.05. The molecular formula is C17H20N4O2. The number of hydrogen-bond acceptors (Lipinski definition) is 5. The van der Waals surface area contributed by atoms with Crippen molar-refractivity contribution in [2.45, 2.75) is 26.7 Å². The molecule has 0 saturated heterocycles. The Labute approximate surface area is 135 Å². The largest absolute Gasteiger partial charge is 0.497 e. The molecule has 23 heavy (non-hydrogen) atoms. The lowest BCUT2D eigenvalue weighted by atomic mass is 10.1. The highest BCUT2D eigenvalue weighted by atomic mass is 16.5. The summed E-state index contributed by atoms with van der Waals surface area (Å²) < 4.78 is 12.8. The molecule has 120 valence electrons. The number of ether oxygens (including phenoxy) is 2. The minimum Gasteiger partial charge on any atom is -0.497 e. The lowest BCUT2D eigenvalue weighted by molar-refractivity contribution is 0.404. The van der Waals surface area contributed by atoms with Gasteiger partial charge in [0.15, 0.2) is 0 Å². The van der Waals surface area contributed by atoms with Crippen molar-refractivity contribution in [1.82, 2.24) is 19.6 Å². The van der Waals surface area contributed by atoms with Crippen molar-refractivity contribution in [2.75, 3.05) is 14.2 Å². The molecule has 0 fully saturated rings. The monoisotopic (exact) mass is 312 g/mol. The zero-order chi connectivity index (χ0) is 16.4. The van der Waals surface area contributed by atoms with Gasteiger partial charge in [-0.3, -0.25) is 4.40 Å². The average molecular weight is 312 g/mol. The summed E-state index contributed by atoms with van der Waals surface area (Å²) in [5, 5.41) is 8.52. The summed E-state index contributed by atoms with van der Waals surface area (Å²) in [7, 11) is 3.29. The lowest BCUT2D eigenvalue weighted by Gasteiger charge is -2.08. The number of imidazole rings is 1. The number of aryl methyl sites for hydroxylation is 2. The molecule has 0 bridgehead atoms. The topological polar surface area (TPSA) is 61.5 Å². The van der Waals surface area contributed by atoms with Crippen LogP contribution in [0.25, 0.3) is 17.0 Å². The van der Waals surface area contributed by atoms with Crippen LogP contribution in [0.1, 0.15) is 25.2 Å². The van der Waals surface area contributed by atoms with Gasteiger partial charge in [-0.25, -0.2) is 4.98 Å². The number of aromatic nitrogens is 4. The molecule has 2 heterocycles. The number of rotatable bonds is 5. The van der Waals surface area contributed by atoms with Gasteiger partial charge >= 0.3 is 0 Å². The van der Waals surface area contributed by atoms with E-state index in [1.807, 2.05) is 28.8 Å². The van der Waals surface area contributed by atoms with Gasteiger partial charge in [-0.2, -0.15) is 5.10 Å². The zero-order valence-electron chi connectivity index (χ0n) is 13.8. The van der Waals surface area contributed by atoms with E-state index in [-0.39, 0.29) is 0 Å². The van der Waals surface area contributed by atoms with E-state index < -0.39 is 0 Å². The molecule has 2 aromatic heterocycles. The van der Waals surface area contributed by atoms with E-state index in [9.17, 15) is 0 Å². The molecule has 0 unspecified atom stereocenters. The molecule has 0 aliphatic rings. The first-order valence-corrected chi connectivity index (χ1v) is 7.67. The average Bonchev–Trinajstić information content (AvgIpc) is 3.04. The molecule has 3 rings (SSSR count). The number of nitrogens with zero attached hydrogens (tertiary/aromatic N) is 4. The third kappa shape index (κ3) is 2.60. The van der Waals surface area contributed by atoms with Gasteiger partial charge in [-0.15, -0.1) is 5.10 Å². The number of fused-ring (bicyclic) bond motifs is 1. The van der Waals surface area contributed by atoms with E-state index in [0.29, 0.717) is 5.78 Å². The fourth-order valence-corrected chi connectivity index (χ4v) is 2.73. The predicted octanol–water partition coefficient (Wildman–Crippen LogP) is 2.93. The standard InChI is InChI=1S/C17H20N4O2/c1-5-13-15(6-2)21-10-14(18-17(21)20-19-13)12-9-11(22-3)7-8-16(12)23-4/h7-10H,5-6H2,1-4H3. The molecule has 0 atom stereocenters. The van der Waals surface area contributed by atoms with Gasteiger partial charge in [0.25, 0.3) is 5.78 Å². The highest BCUT2D eigenvalue weighted by Crippen LogP contribution is 2.33. The molecule has 3 aromatic rings. The van der Waals surface area contributed by atoms with E-state index in [1.165, 1.54) is 0 Å². The van der Waals surface area contributed by atoms with Crippen molar-refractivity contribution in [3.05, 3.63) is 35.8 Å². The second-order valence-corrected chi connectivity index (χ2v) is 5.16. The Morgan fingerprint density at radius 3 is 2.52 bits per heavy atom. The summed E-state index contributed by atoms with van der Waals surface area (Å²) in [5.74, 6) is 2.10. The summed E-state index contributed by atoms with van der Waals surface area (Å²) in [6.45, 7) is 4.19. The zero-order valence-corrected chi connectivity index (χ0v) is 13.8. The fourth-order valence-electron chi connectivity index (χ4n) is 2.73. The van der Waals surface area contributed by atoms with Crippen molar-refractivity contribution < 1.29 is 9.47 Å². The summed E-state index contributed by atoms with van der Waals surface area (Å²) in [4.78, 5) is 4.60. The minimum absolute atomic E-state index is 0.596. The summed E-state index contributed by atoms with van der Waals surface area (Å²) in [6.07, 6.45) is 3.71. The molecule has 0 saturated carbocycles. The van der Waals surface area contributed by atoms with Crippen LogP contribution in [-0.2, 0) is 12.8 Å². The maximum atomic E-state index is 5.46. The number of benzene rings is 1. The Kier molecular flexibility index (Phi) is 4.14. The third-order valence-corrected chi connectivity index (χ3v) is 3.92. The molecule has 0 aliphatic carbocycles. The van der Waals surface area contributed by atoms with Crippen molar-refractivity contribution in [1.29, 1.82) is 0 Å². The van der Waals surface area contributed by atoms with Crippen LogP contribution >= 0.6 is 0 Å². The van der Waals surface area contributed by atoms with Gasteiger partial charge < -0.3 is 9.47 Å². The highest BCUT2D eigenvalue weighted by molar-refractivity contribution is 5.70. The summed E-state index contributed by atoms with van der Waals surface area (Å²) in [5.41, 5.74) is 3.80. The van der Waals surface area contributed by atoms with Crippen LogP contribution in [0.4, 0.5) is 0 Å². The second-order valence-electron chi connectivity index (χ2n) is 5.16. The first kappa shape index (κ1) is 15.3. The van der Waals surface area contributed by atoms with E-state index in [0.717, 1.165) is 47.0 Å². The van der Waals surface area contributed by atoms with Crippen molar-refractivity contribution in [2.24, 2.45) is 0 Å². The van der Waals surface area contributed by atoms with E-state index in [1.54, 1.807) is 14.2 Å². The molecular weight excluding hydrogens is 292 g/mol. The van der Waals surface area contributed by atoms with Gasteiger partial charge in [0.1, 0.15) is 11.5 Å². The van der Waals surface area contributed by atoms with Gasteiger partial charge in [0.05, 0.1) is 25.6 Å². The summed E-state index contributed by atoms with van der Waals surface area (Å²) in [6, 6.07) is 5.66. The quantitative estimate of drug-likeness (QED) is 0.725. The molecule has 6 heteroatoms. The first-order chi connectivity index (χ1) is 11.2. The van der Waals surface area contributed by atoms with E-state index in [2.05, 4.69) is 29.0 Å². The van der Waals surface area contributed by atoms with Gasteiger partial charge in [0, 0.05) is 17.5 Å². The minimum atomic E-state index is 0.596. The van der Waals surface area contributed by atoms with Crippen molar-refractivity contribution >= 4 is 5.78 Å². The number of methoxy groups -OCH3 is 2. The van der Waals surface area contributed by atoms with Gasteiger partial charge in [0.2, 0.25) is 0 Å². The molecule has 6 nitrogen and oxygen atoms in total. The molecule has 0 spiro atoms. The smallest absolute Gasteiger partial charge is 0.254 e. The predicted molar refractivity (Wildman–Crippen MR) is 88.1 cm³/mol. The normalized spacial score (nSPS) is 11.0. The van der Waals surface area contributed by atoms with Crippen LogP contribution in [0.5, 0.6) is 11.5 Å². The van der Waals surface area contributed by atoms with Crippen LogP contribution < -0.4 is 9.47 Å². The molecule has 1 aromatic carbocycles. The Balaban J connectivity index is 2.21. The van der Waals surface area contributed by atoms with Crippen LogP contribution in [0, 0.1) is 0 Å². The van der Waals surface area contributed by atoms with Crippen LogP contribution in [0.2, 0.25) is 0 Å². The van der Waals surface area contributed by atoms with Crippen LogP contribution in [-0.4, -0.2) is 33.8 Å². The molecule has 0 N–H and O–H groups in total. The third-order valence-electron chi connectivity index (χ3n) is 3.92. The Bertz CT molecular complexity index is 842. The summed E-state index contributed by atoms with van der Waals surface area (Å²) >= 11 is 0. The van der Waals surface area contributed by atoms with Crippen LogP contribution in [0.3, 0.4) is 0 Å². The van der Waals surface area contributed by atoms with Gasteiger partial charge in [-0.05, 0) is 31.0 Å². The van der Waals surface area contributed by atoms with E-state index in [4.69, 9.17) is 9.47 Å². The maximum absolute atomic E-state index is 5.46. The molecule has 0 aliphatic heterocycles. The number of hydrogen-bond donors (Lipinski definition) is 0. The van der Waals surface area contributed by atoms with Crippen LogP contribution in [0.15, 0.2) is 24.4 Å². The van der Waals surface area contributed by atoms with Gasteiger partial charge in [-0.1, -0.05) is 13.8 Å². The molecule has 0 radical (unpaired) electrons. The Morgan fingerprint density at radius 1 is 1.04 bits per heavy atom. The maximum Gasteiger partial charge on any atom is 0.254 e. The highest BCUT2D eigenvalue weighted by Gasteiger charge is 2.15. The Morgan fingerprint density at radius 2 is 1.87 bits per heavy atom. The second kappa shape index (κ2) is 6.24. The Hall–Kier alpha value is -2.63. The molecule has 0 amide bonds. The fraction of sp³-hybridized carbons (Fsp3) is 0.353. The van der Waals surface area contributed by atoms with Crippen molar-refractivity contribution in [3.8, 4) is 22.8 Å². The first-order valence-electron chi connectivity index (χ1n) is 7.67. The van der Waals surface area contributed by atoms with E-state index >= 15 is 0 Å².